The molecule has 1 aromatic heterocycles. The maximum Gasteiger partial charge on any atom is 0.307 e. The number of rotatable bonds is 7. The SMILES string of the molecule is O=C(O)Cc1ccc(OCCSc2ncn[nH]2)cc1. The summed E-state index contributed by atoms with van der Waals surface area (Å²) in [7, 11) is 0. The third kappa shape index (κ3) is 4.63. The standard InChI is InChI=1S/C12H13N3O3S/c16-11(17)7-9-1-3-10(4-2-9)18-5-6-19-12-13-8-14-15-12/h1-4,8H,5-7H2,(H,16,17)(H,13,14,15). The molecule has 1 heterocycles. The van der Waals surface area contributed by atoms with E-state index in [2.05, 4.69) is 15.2 Å². The normalized spacial score (nSPS) is 10.3. The van der Waals surface area contributed by atoms with Crippen LogP contribution < -0.4 is 4.74 Å². The molecule has 2 rings (SSSR count). The monoisotopic (exact) mass is 279 g/mol. The van der Waals surface area contributed by atoms with E-state index in [-0.39, 0.29) is 6.42 Å². The third-order valence-corrected chi connectivity index (χ3v) is 3.10. The number of carboxylic acid groups (broad SMARTS) is 1. The van der Waals surface area contributed by atoms with Gasteiger partial charge in [-0.2, -0.15) is 5.10 Å². The summed E-state index contributed by atoms with van der Waals surface area (Å²) >= 11 is 1.53. The van der Waals surface area contributed by atoms with Crippen LogP contribution in [0.4, 0.5) is 0 Å². The minimum atomic E-state index is -0.836. The third-order valence-electron chi connectivity index (χ3n) is 2.26. The van der Waals surface area contributed by atoms with Gasteiger partial charge in [0.25, 0.3) is 0 Å². The van der Waals surface area contributed by atoms with Crippen LogP contribution in [-0.4, -0.2) is 38.6 Å². The van der Waals surface area contributed by atoms with Gasteiger partial charge in [-0.1, -0.05) is 23.9 Å². The molecule has 0 aliphatic rings. The Kier molecular flexibility index (Phi) is 4.79. The van der Waals surface area contributed by atoms with Crippen LogP contribution in [0.3, 0.4) is 0 Å². The van der Waals surface area contributed by atoms with Crippen molar-refractivity contribution < 1.29 is 14.6 Å². The molecule has 19 heavy (non-hydrogen) atoms. The zero-order chi connectivity index (χ0) is 13.5. The molecule has 6 nitrogen and oxygen atoms in total. The lowest BCUT2D eigenvalue weighted by atomic mass is 10.1. The van der Waals surface area contributed by atoms with E-state index in [1.165, 1.54) is 18.1 Å². The number of carboxylic acids is 1. The average molecular weight is 279 g/mol. The summed E-state index contributed by atoms with van der Waals surface area (Å²) in [6.07, 6.45) is 1.49. The van der Waals surface area contributed by atoms with Crippen LogP contribution in [0.1, 0.15) is 5.56 Å². The number of nitrogens with one attached hydrogen (secondary N) is 1. The highest BCUT2D eigenvalue weighted by molar-refractivity contribution is 7.99. The molecule has 0 atom stereocenters. The summed E-state index contributed by atoms with van der Waals surface area (Å²) in [5.41, 5.74) is 0.760. The molecule has 100 valence electrons. The summed E-state index contributed by atoms with van der Waals surface area (Å²) in [6, 6.07) is 7.06. The van der Waals surface area contributed by atoms with E-state index in [4.69, 9.17) is 9.84 Å². The highest BCUT2D eigenvalue weighted by atomic mass is 32.2. The van der Waals surface area contributed by atoms with Gasteiger partial charge in [-0.3, -0.25) is 9.89 Å². The van der Waals surface area contributed by atoms with Crippen LogP contribution in [0.2, 0.25) is 0 Å². The van der Waals surface area contributed by atoms with Crippen LogP contribution in [0, 0.1) is 0 Å². The lowest BCUT2D eigenvalue weighted by molar-refractivity contribution is -0.136. The fourth-order valence-electron chi connectivity index (χ4n) is 1.44. The predicted molar refractivity (Wildman–Crippen MR) is 70.4 cm³/mol. The van der Waals surface area contributed by atoms with E-state index in [9.17, 15) is 4.79 Å². The predicted octanol–water partition coefficient (Wildman–Crippen LogP) is 1.60. The quantitative estimate of drug-likeness (QED) is 0.591. The number of H-pyrrole nitrogens is 1. The Labute approximate surface area is 114 Å². The lowest BCUT2D eigenvalue weighted by Gasteiger charge is -2.05. The Morgan fingerprint density at radius 1 is 1.37 bits per heavy atom. The van der Waals surface area contributed by atoms with Crippen molar-refractivity contribution in [3.63, 3.8) is 0 Å². The second kappa shape index (κ2) is 6.79. The molecule has 1 aromatic carbocycles. The molecule has 0 radical (unpaired) electrons. The van der Waals surface area contributed by atoms with E-state index < -0.39 is 5.97 Å². The van der Waals surface area contributed by atoms with Crippen molar-refractivity contribution in [1.82, 2.24) is 15.2 Å². The molecule has 0 spiro atoms. The summed E-state index contributed by atoms with van der Waals surface area (Å²) in [5, 5.41) is 15.9. The fourth-order valence-corrected chi connectivity index (χ4v) is 2.04. The number of ether oxygens (including phenoxy) is 1. The number of thioether (sulfide) groups is 1. The van der Waals surface area contributed by atoms with Gasteiger partial charge in [-0.25, -0.2) is 4.98 Å². The average Bonchev–Trinajstić information content (AvgIpc) is 2.89. The minimum absolute atomic E-state index is 0.0294. The van der Waals surface area contributed by atoms with Gasteiger partial charge in [0.05, 0.1) is 13.0 Å². The molecular weight excluding hydrogens is 266 g/mol. The second-order valence-corrected chi connectivity index (χ2v) is 4.79. The summed E-state index contributed by atoms with van der Waals surface area (Å²) < 4.78 is 5.53. The van der Waals surface area contributed by atoms with Crippen molar-refractivity contribution in [2.75, 3.05) is 12.4 Å². The lowest BCUT2D eigenvalue weighted by Crippen LogP contribution is -2.02. The van der Waals surface area contributed by atoms with Crippen molar-refractivity contribution in [2.24, 2.45) is 0 Å². The van der Waals surface area contributed by atoms with Gasteiger partial charge in [-0.05, 0) is 17.7 Å². The van der Waals surface area contributed by atoms with Gasteiger partial charge in [0.2, 0.25) is 0 Å². The molecule has 0 aliphatic carbocycles. The number of benzene rings is 1. The molecule has 0 aliphatic heterocycles. The molecule has 2 N–H and O–H groups in total. The maximum atomic E-state index is 10.5. The van der Waals surface area contributed by atoms with E-state index >= 15 is 0 Å². The van der Waals surface area contributed by atoms with Crippen molar-refractivity contribution in [1.29, 1.82) is 0 Å². The topological polar surface area (TPSA) is 88.1 Å². The largest absolute Gasteiger partial charge is 0.493 e. The summed E-state index contributed by atoms with van der Waals surface area (Å²) in [4.78, 5) is 14.5. The van der Waals surface area contributed by atoms with Crippen molar-refractivity contribution in [3.8, 4) is 5.75 Å². The number of aliphatic carboxylic acids is 1. The maximum absolute atomic E-state index is 10.5. The molecule has 7 heteroatoms. The van der Waals surface area contributed by atoms with E-state index in [0.29, 0.717) is 6.61 Å². The molecule has 0 saturated carbocycles. The van der Waals surface area contributed by atoms with Gasteiger partial charge in [0.1, 0.15) is 12.1 Å². The summed E-state index contributed by atoms with van der Waals surface area (Å²) in [6.45, 7) is 0.545. The molecule has 0 fully saturated rings. The smallest absolute Gasteiger partial charge is 0.307 e. The van der Waals surface area contributed by atoms with Gasteiger partial charge in [0.15, 0.2) is 5.16 Å². The number of nitrogens with zero attached hydrogens (tertiary/aromatic N) is 2. The number of aromatic nitrogens is 3. The van der Waals surface area contributed by atoms with Crippen LogP contribution in [0.25, 0.3) is 0 Å². The Balaban J connectivity index is 1.72. The van der Waals surface area contributed by atoms with E-state index in [0.717, 1.165) is 22.2 Å². The van der Waals surface area contributed by atoms with Crippen molar-refractivity contribution in [3.05, 3.63) is 36.2 Å². The molecule has 0 bridgehead atoms. The first-order valence-corrected chi connectivity index (χ1v) is 6.64. The first kappa shape index (κ1) is 13.4. The highest BCUT2D eigenvalue weighted by Gasteiger charge is 2.01. The minimum Gasteiger partial charge on any atom is -0.493 e. The number of aromatic amines is 1. The van der Waals surface area contributed by atoms with Crippen LogP contribution in [0.5, 0.6) is 5.75 Å². The Hall–Kier alpha value is -2.02. The van der Waals surface area contributed by atoms with Crippen molar-refractivity contribution in [2.45, 2.75) is 11.6 Å². The number of hydrogen-bond donors (Lipinski definition) is 2. The Morgan fingerprint density at radius 2 is 2.16 bits per heavy atom. The first-order valence-electron chi connectivity index (χ1n) is 5.66. The van der Waals surface area contributed by atoms with Gasteiger partial charge in [-0.15, -0.1) is 0 Å². The zero-order valence-electron chi connectivity index (χ0n) is 10.1. The molecule has 2 aromatic rings. The fraction of sp³-hybridized carbons (Fsp3) is 0.250. The van der Waals surface area contributed by atoms with Crippen LogP contribution in [-0.2, 0) is 11.2 Å². The van der Waals surface area contributed by atoms with E-state index in [1.807, 2.05) is 0 Å². The van der Waals surface area contributed by atoms with Gasteiger partial charge >= 0.3 is 5.97 Å². The summed E-state index contributed by atoms with van der Waals surface area (Å²) in [5.74, 6) is 0.649. The molecule has 0 amide bonds. The number of carbonyl (C=O) groups is 1. The molecule has 0 unspecified atom stereocenters. The zero-order valence-corrected chi connectivity index (χ0v) is 10.9. The second-order valence-electron chi connectivity index (χ2n) is 3.70. The Bertz CT molecular complexity index is 514. The first-order chi connectivity index (χ1) is 9.24. The van der Waals surface area contributed by atoms with Gasteiger partial charge < -0.3 is 9.84 Å². The van der Waals surface area contributed by atoms with Crippen LogP contribution >= 0.6 is 11.8 Å². The van der Waals surface area contributed by atoms with Gasteiger partial charge in [0, 0.05) is 5.75 Å². The van der Waals surface area contributed by atoms with Crippen LogP contribution in [0.15, 0.2) is 35.7 Å². The highest BCUT2D eigenvalue weighted by Crippen LogP contribution is 2.14. The molecule has 0 saturated heterocycles. The molecular formula is C12H13N3O3S. The van der Waals surface area contributed by atoms with E-state index in [1.54, 1.807) is 24.3 Å². The van der Waals surface area contributed by atoms with Crippen molar-refractivity contribution >= 4 is 17.7 Å². The number of hydrogen-bond acceptors (Lipinski definition) is 5. The Morgan fingerprint density at radius 3 is 2.79 bits per heavy atom.